The van der Waals surface area contributed by atoms with Gasteiger partial charge in [0.15, 0.2) is 16.3 Å². The summed E-state index contributed by atoms with van der Waals surface area (Å²) in [5.74, 6) is 1.86. The van der Waals surface area contributed by atoms with Crippen molar-refractivity contribution in [3.05, 3.63) is 46.8 Å². The molecule has 0 bridgehead atoms. The van der Waals surface area contributed by atoms with E-state index >= 15 is 0 Å². The number of carbonyl (C=O) groups excluding carboxylic acids is 1. The van der Waals surface area contributed by atoms with Crippen LogP contribution in [-0.4, -0.2) is 23.9 Å². The Morgan fingerprint density at radius 2 is 2.04 bits per heavy atom. The molecule has 1 amide bonds. The number of ether oxygens (including phenoxy) is 3. The molecule has 0 saturated carbocycles. The summed E-state index contributed by atoms with van der Waals surface area (Å²) in [6.45, 7) is 5.73. The molecule has 2 heterocycles. The zero-order chi connectivity index (χ0) is 19.5. The largest absolute Gasteiger partial charge is 0.494 e. The Morgan fingerprint density at radius 3 is 2.82 bits per heavy atom. The summed E-state index contributed by atoms with van der Waals surface area (Å²) in [6, 6.07) is 11.1. The number of thiazole rings is 1. The number of carbonyl (C=O) groups is 1. The van der Waals surface area contributed by atoms with Gasteiger partial charge in [0.1, 0.15) is 5.75 Å². The van der Waals surface area contributed by atoms with Crippen LogP contribution in [0, 0.1) is 0 Å². The Morgan fingerprint density at radius 1 is 1.21 bits per heavy atom. The average Bonchev–Trinajstić information content (AvgIpc) is 3.29. The minimum atomic E-state index is -0.283. The highest BCUT2D eigenvalue weighted by atomic mass is 32.1. The van der Waals surface area contributed by atoms with E-state index in [9.17, 15) is 4.79 Å². The van der Waals surface area contributed by atoms with Crippen LogP contribution in [0.5, 0.6) is 17.2 Å². The summed E-state index contributed by atoms with van der Waals surface area (Å²) >= 11 is 1.47. The molecular formula is C21H22N2O4S. The molecule has 4 rings (SSSR count). The first-order valence-corrected chi connectivity index (χ1v) is 10.3. The zero-order valence-corrected chi connectivity index (χ0v) is 16.8. The van der Waals surface area contributed by atoms with Gasteiger partial charge < -0.3 is 18.8 Å². The Balaban J connectivity index is 1.67. The molecule has 0 spiro atoms. The first kappa shape index (κ1) is 18.6. The van der Waals surface area contributed by atoms with Crippen molar-refractivity contribution in [2.75, 3.05) is 13.4 Å². The van der Waals surface area contributed by atoms with E-state index in [4.69, 9.17) is 14.2 Å². The fraction of sp³-hybridized carbons (Fsp3) is 0.333. The van der Waals surface area contributed by atoms with Gasteiger partial charge in [-0.3, -0.25) is 4.79 Å². The van der Waals surface area contributed by atoms with Gasteiger partial charge in [-0.1, -0.05) is 30.7 Å². The number of unbranched alkanes of at least 4 members (excludes halogenated alkanes) is 1. The second-order valence-corrected chi connectivity index (χ2v) is 7.46. The van der Waals surface area contributed by atoms with Crippen molar-refractivity contribution in [1.82, 2.24) is 4.57 Å². The smallest absolute Gasteiger partial charge is 0.279 e. The fourth-order valence-corrected chi connectivity index (χ4v) is 4.16. The molecular weight excluding hydrogens is 376 g/mol. The molecule has 28 heavy (non-hydrogen) atoms. The summed E-state index contributed by atoms with van der Waals surface area (Å²) in [6.07, 6.45) is 2.05. The van der Waals surface area contributed by atoms with Crippen molar-refractivity contribution >= 4 is 27.5 Å². The van der Waals surface area contributed by atoms with Crippen molar-refractivity contribution in [2.45, 2.75) is 33.2 Å². The predicted octanol–water partition coefficient (Wildman–Crippen LogP) is 4.37. The SMILES string of the molecule is CCCCOc1cccc(C(=O)N=c2sc3cc4c(cc3n2CC)OCO4)c1. The Labute approximate surface area is 167 Å². The maximum Gasteiger partial charge on any atom is 0.279 e. The molecule has 1 aliphatic heterocycles. The molecule has 1 aliphatic rings. The van der Waals surface area contributed by atoms with Crippen molar-refractivity contribution in [3.8, 4) is 17.2 Å². The predicted molar refractivity (Wildman–Crippen MR) is 108 cm³/mol. The molecule has 2 aromatic carbocycles. The minimum absolute atomic E-state index is 0.241. The molecule has 0 atom stereocenters. The number of rotatable bonds is 6. The van der Waals surface area contributed by atoms with Crippen LogP contribution in [0.4, 0.5) is 0 Å². The van der Waals surface area contributed by atoms with Crippen LogP contribution >= 0.6 is 11.3 Å². The van der Waals surface area contributed by atoms with Crippen LogP contribution < -0.4 is 19.0 Å². The third kappa shape index (κ3) is 3.62. The van der Waals surface area contributed by atoms with Gasteiger partial charge in [-0.15, -0.1) is 0 Å². The number of benzene rings is 2. The van der Waals surface area contributed by atoms with Gasteiger partial charge in [-0.2, -0.15) is 4.99 Å². The number of hydrogen-bond acceptors (Lipinski definition) is 5. The molecule has 0 radical (unpaired) electrons. The first-order chi connectivity index (χ1) is 13.7. The lowest BCUT2D eigenvalue weighted by Gasteiger charge is -2.06. The second-order valence-electron chi connectivity index (χ2n) is 6.45. The highest BCUT2D eigenvalue weighted by Crippen LogP contribution is 2.36. The summed E-state index contributed by atoms with van der Waals surface area (Å²) in [5.41, 5.74) is 1.50. The summed E-state index contributed by atoms with van der Waals surface area (Å²) in [5, 5.41) is 0. The Bertz CT molecular complexity index is 1080. The molecule has 6 nitrogen and oxygen atoms in total. The van der Waals surface area contributed by atoms with E-state index in [1.807, 2.05) is 35.8 Å². The second kappa shape index (κ2) is 8.06. The summed E-state index contributed by atoms with van der Waals surface area (Å²) in [7, 11) is 0. The lowest BCUT2D eigenvalue weighted by atomic mass is 10.2. The maximum atomic E-state index is 12.8. The topological polar surface area (TPSA) is 62.0 Å². The summed E-state index contributed by atoms with van der Waals surface area (Å²) in [4.78, 5) is 17.8. The van der Waals surface area contributed by atoms with Gasteiger partial charge in [0.25, 0.3) is 5.91 Å². The minimum Gasteiger partial charge on any atom is -0.494 e. The molecule has 0 unspecified atom stereocenters. The van der Waals surface area contributed by atoms with Gasteiger partial charge in [0.05, 0.1) is 16.8 Å². The average molecular weight is 398 g/mol. The highest BCUT2D eigenvalue weighted by molar-refractivity contribution is 7.16. The number of amides is 1. The number of hydrogen-bond donors (Lipinski definition) is 0. The Kier molecular flexibility index (Phi) is 5.34. The van der Waals surface area contributed by atoms with Crippen molar-refractivity contribution in [3.63, 3.8) is 0 Å². The van der Waals surface area contributed by atoms with E-state index in [2.05, 4.69) is 11.9 Å². The molecule has 0 aliphatic carbocycles. The zero-order valence-electron chi connectivity index (χ0n) is 15.9. The quantitative estimate of drug-likeness (QED) is 0.579. The first-order valence-electron chi connectivity index (χ1n) is 9.44. The van der Waals surface area contributed by atoms with Gasteiger partial charge in [-0.25, -0.2) is 0 Å². The molecule has 0 N–H and O–H groups in total. The number of aromatic nitrogens is 1. The monoisotopic (exact) mass is 398 g/mol. The third-order valence-electron chi connectivity index (χ3n) is 4.54. The van der Waals surface area contributed by atoms with Gasteiger partial charge >= 0.3 is 0 Å². The number of aryl methyl sites for hydroxylation is 1. The van der Waals surface area contributed by atoms with Crippen molar-refractivity contribution in [2.24, 2.45) is 4.99 Å². The number of fused-ring (bicyclic) bond motifs is 2. The van der Waals surface area contributed by atoms with Gasteiger partial charge in [0.2, 0.25) is 6.79 Å². The van der Waals surface area contributed by atoms with Crippen LogP contribution in [-0.2, 0) is 6.54 Å². The van der Waals surface area contributed by atoms with Crippen LogP contribution in [0.15, 0.2) is 41.4 Å². The molecule has 0 saturated heterocycles. The van der Waals surface area contributed by atoms with E-state index in [0.29, 0.717) is 29.3 Å². The fourth-order valence-electron chi connectivity index (χ4n) is 3.06. The highest BCUT2D eigenvalue weighted by Gasteiger charge is 2.17. The van der Waals surface area contributed by atoms with E-state index in [0.717, 1.165) is 34.6 Å². The summed E-state index contributed by atoms with van der Waals surface area (Å²) < 4.78 is 19.7. The van der Waals surface area contributed by atoms with Crippen LogP contribution in [0.25, 0.3) is 10.2 Å². The normalized spacial score (nSPS) is 13.3. The third-order valence-corrected chi connectivity index (χ3v) is 5.58. The van der Waals surface area contributed by atoms with Crippen molar-refractivity contribution in [1.29, 1.82) is 0 Å². The standard InChI is InChI=1S/C21H22N2O4S/c1-3-5-9-25-15-8-6-7-14(10-15)20(24)22-21-23(4-2)16-11-17-18(27-13-26-17)12-19(16)28-21/h6-8,10-12H,3-5,9,13H2,1-2H3. The molecule has 1 aromatic heterocycles. The van der Waals surface area contributed by atoms with Gasteiger partial charge in [0, 0.05) is 24.2 Å². The Hall–Kier alpha value is -2.80. The van der Waals surface area contributed by atoms with Crippen molar-refractivity contribution < 1.29 is 19.0 Å². The van der Waals surface area contributed by atoms with Gasteiger partial charge in [-0.05, 0) is 31.5 Å². The molecule has 3 aromatic rings. The molecule has 0 fully saturated rings. The van der Waals surface area contributed by atoms with Crippen LogP contribution in [0.2, 0.25) is 0 Å². The molecule has 7 heteroatoms. The van der Waals surface area contributed by atoms with E-state index < -0.39 is 0 Å². The van der Waals surface area contributed by atoms with Crippen LogP contribution in [0.1, 0.15) is 37.0 Å². The van der Waals surface area contributed by atoms with E-state index in [-0.39, 0.29) is 12.7 Å². The lowest BCUT2D eigenvalue weighted by Crippen LogP contribution is -2.16. The van der Waals surface area contributed by atoms with E-state index in [1.54, 1.807) is 12.1 Å². The lowest BCUT2D eigenvalue weighted by molar-refractivity contribution is 0.0997. The molecule has 146 valence electrons. The maximum absolute atomic E-state index is 12.8. The van der Waals surface area contributed by atoms with E-state index in [1.165, 1.54) is 11.3 Å². The van der Waals surface area contributed by atoms with Crippen LogP contribution in [0.3, 0.4) is 0 Å². The number of nitrogens with zero attached hydrogens (tertiary/aromatic N) is 2.